The number of hydrogen-bond donors (Lipinski definition) is 1. The molecular weight excluding hydrogens is 438 g/mol. The average Bonchev–Trinajstić information content (AvgIpc) is 3.59. The molecule has 0 unspecified atom stereocenters. The number of nitrogens with zero attached hydrogens (tertiary/aromatic N) is 4. The molecule has 0 spiro atoms. The molecule has 0 aliphatic heterocycles. The lowest BCUT2D eigenvalue weighted by Gasteiger charge is -2.06. The van der Waals surface area contributed by atoms with Crippen LogP contribution in [0.25, 0.3) is 17.1 Å². The van der Waals surface area contributed by atoms with Crippen molar-refractivity contribution in [3.63, 3.8) is 0 Å². The van der Waals surface area contributed by atoms with Crippen LogP contribution in [0.1, 0.15) is 59.1 Å². The Kier molecular flexibility index (Phi) is 5.96. The fourth-order valence-electron chi connectivity index (χ4n) is 4.18. The van der Waals surface area contributed by atoms with Crippen molar-refractivity contribution in [2.75, 3.05) is 0 Å². The summed E-state index contributed by atoms with van der Waals surface area (Å²) >= 11 is 6.18. The Morgan fingerprint density at radius 3 is 2.67 bits per heavy atom. The van der Waals surface area contributed by atoms with Gasteiger partial charge in [-0.25, -0.2) is 4.68 Å². The van der Waals surface area contributed by atoms with Gasteiger partial charge in [0.1, 0.15) is 0 Å². The SMILES string of the molecule is Cc1nn(-c2ccc(-c3noc(C4CCCC4)n3)cc2)cc1C(=O)NCc1ccccc1Cl. The van der Waals surface area contributed by atoms with E-state index in [-0.39, 0.29) is 5.91 Å². The van der Waals surface area contributed by atoms with Crippen LogP contribution >= 0.6 is 11.6 Å². The molecule has 33 heavy (non-hydrogen) atoms. The second-order valence-corrected chi connectivity index (χ2v) is 8.74. The van der Waals surface area contributed by atoms with E-state index in [0.29, 0.717) is 34.6 Å². The highest BCUT2D eigenvalue weighted by atomic mass is 35.5. The smallest absolute Gasteiger partial charge is 0.255 e. The van der Waals surface area contributed by atoms with E-state index in [0.717, 1.165) is 35.5 Å². The van der Waals surface area contributed by atoms with Crippen LogP contribution in [0.2, 0.25) is 5.02 Å². The van der Waals surface area contributed by atoms with Crippen molar-refractivity contribution in [2.24, 2.45) is 0 Å². The zero-order chi connectivity index (χ0) is 22.8. The lowest BCUT2D eigenvalue weighted by Crippen LogP contribution is -2.23. The number of hydrogen-bond acceptors (Lipinski definition) is 5. The maximum Gasteiger partial charge on any atom is 0.255 e. The summed E-state index contributed by atoms with van der Waals surface area (Å²) in [5.41, 5.74) is 3.76. The molecule has 7 nitrogen and oxygen atoms in total. The summed E-state index contributed by atoms with van der Waals surface area (Å²) in [7, 11) is 0. The van der Waals surface area contributed by atoms with Crippen molar-refractivity contribution >= 4 is 17.5 Å². The van der Waals surface area contributed by atoms with Crippen molar-refractivity contribution in [3.8, 4) is 17.1 Å². The van der Waals surface area contributed by atoms with E-state index >= 15 is 0 Å². The number of aryl methyl sites for hydroxylation is 1. The quantitative estimate of drug-likeness (QED) is 0.411. The zero-order valence-electron chi connectivity index (χ0n) is 18.3. The molecule has 0 atom stereocenters. The summed E-state index contributed by atoms with van der Waals surface area (Å²) in [4.78, 5) is 17.3. The number of amides is 1. The summed E-state index contributed by atoms with van der Waals surface area (Å²) in [6, 6.07) is 15.2. The monoisotopic (exact) mass is 461 g/mol. The van der Waals surface area contributed by atoms with Gasteiger partial charge in [0.05, 0.1) is 16.9 Å². The van der Waals surface area contributed by atoms with E-state index in [4.69, 9.17) is 16.1 Å². The number of carbonyl (C=O) groups is 1. The van der Waals surface area contributed by atoms with Gasteiger partial charge in [0.25, 0.3) is 5.91 Å². The van der Waals surface area contributed by atoms with Crippen LogP contribution in [0.15, 0.2) is 59.3 Å². The third kappa shape index (κ3) is 4.54. The molecule has 1 aliphatic rings. The van der Waals surface area contributed by atoms with Gasteiger partial charge in [-0.1, -0.05) is 47.8 Å². The van der Waals surface area contributed by atoms with Gasteiger partial charge < -0.3 is 9.84 Å². The van der Waals surface area contributed by atoms with E-state index in [1.165, 1.54) is 12.8 Å². The van der Waals surface area contributed by atoms with Crippen molar-refractivity contribution in [3.05, 3.63) is 82.5 Å². The number of benzene rings is 2. The van der Waals surface area contributed by atoms with E-state index in [1.54, 1.807) is 16.9 Å². The number of nitrogens with one attached hydrogen (secondary N) is 1. The zero-order valence-corrected chi connectivity index (χ0v) is 19.0. The molecule has 0 radical (unpaired) electrons. The van der Waals surface area contributed by atoms with Crippen LogP contribution in [0.4, 0.5) is 0 Å². The number of carbonyl (C=O) groups excluding carboxylic acids is 1. The molecule has 0 bridgehead atoms. The van der Waals surface area contributed by atoms with Gasteiger partial charge in [0.15, 0.2) is 0 Å². The molecule has 8 heteroatoms. The lowest BCUT2D eigenvalue weighted by atomic mass is 10.1. The van der Waals surface area contributed by atoms with E-state index in [9.17, 15) is 4.79 Å². The fourth-order valence-corrected chi connectivity index (χ4v) is 4.38. The predicted octanol–water partition coefficient (Wildman–Crippen LogP) is 5.47. The Balaban J connectivity index is 1.28. The molecule has 1 amide bonds. The molecule has 0 saturated heterocycles. The Morgan fingerprint density at radius 1 is 1.15 bits per heavy atom. The second-order valence-electron chi connectivity index (χ2n) is 8.33. The minimum atomic E-state index is -0.193. The third-order valence-corrected chi connectivity index (χ3v) is 6.45. The van der Waals surface area contributed by atoms with Crippen molar-refractivity contribution in [1.29, 1.82) is 0 Å². The van der Waals surface area contributed by atoms with Gasteiger partial charge in [-0.3, -0.25) is 4.79 Å². The van der Waals surface area contributed by atoms with Gasteiger partial charge in [-0.2, -0.15) is 10.1 Å². The van der Waals surface area contributed by atoms with Gasteiger partial charge in [0.2, 0.25) is 11.7 Å². The third-order valence-electron chi connectivity index (χ3n) is 6.08. The summed E-state index contributed by atoms with van der Waals surface area (Å²) in [5.74, 6) is 1.53. The summed E-state index contributed by atoms with van der Waals surface area (Å²) < 4.78 is 7.19. The highest BCUT2D eigenvalue weighted by molar-refractivity contribution is 6.31. The summed E-state index contributed by atoms with van der Waals surface area (Å²) in [6.45, 7) is 2.17. The average molecular weight is 462 g/mol. The van der Waals surface area contributed by atoms with Crippen molar-refractivity contribution < 1.29 is 9.32 Å². The first-order chi connectivity index (χ1) is 16.1. The topological polar surface area (TPSA) is 85.8 Å². The molecule has 1 saturated carbocycles. The molecular formula is C25H24ClN5O2. The molecule has 2 heterocycles. The minimum Gasteiger partial charge on any atom is -0.348 e. The molecule has 2 aromatic heterocycles. The van der Waals surface area contributed by atoms with E-state index in [1.807, 2.05) is 49.4 Å². The minimum absolute atomic E-state index is 0.193. The molecule has 5 rings (SSSR count). The first-order valence-electron chi connectivity index (χ1n) is 11.1. The van der Waals surface area contributed by atoms with Crippen LogP contribution in [0.5, 0.6) is 0 Å². The predicted molar refractivity (Wildman–Crippen MR) is 125 cm³/mol. The largest absolute Gasteiger partial charge is 0.348 e. The fraction of sp³-hybridized carbons (Fsp3) is 0.280. The van der Waals surface area contributed by atoms with Crippen LogP contribution in [0, 0.1) is 6.92 Å². The van der Waals surface area contributed by atoms with Crippen LogP contribution in [-0.4, -0.2) is 25.8 Å². The summed E-state index contributed by atoms with van der Waals surface area (Å²) in [6.07, 6.45) is 6.42. The molecule has 2 aromatic carbocycles. The number of halogens is 1. The van der Waals surface area contributed by atoms with E-state index in [2.05, 4.69) is 20.6 Å². The number of aromatic nitrogens is 4. The molecule has 168 valence electrons. The highest BCUT2D eigenvalue weighted by Crippen LogP contribution is 2.34. The Bertz CT molecular complexity index is 1270. The van der Waals surface area contributed by atoms with Gasteiger partial charge >= 0.3 is 0 Å². The molecule has 1 aliphatic carbocycles. The van der Waals surface area contributed by atoms with Gasteiger partial charge in [0, 0.05) is 29.2 Å². The highest BCUT2D eigenvalue weighted by Gasteiger charge is 2.23. The molecule has 4 aromatic rings. The Labute approximate surface area is 196 Å². The summed E-state index contributed by atoms with van der Waals surface area (Å²) in [5, 5.41) is 12.2. The Hall–Kier alpha value is -3.45. The van der Waals surface area contributed by atoms with Crippen molar-refractivity contribution in [1.82, 2.24) is 25.2 Å². The lowest BCUT2D eigenvalue weighted by molar-refractivity contribution is 0.0950. The molecule has 1 N–H and O–H groups in total. The van der Waals surface area contributed by atoms with Crippen LogP contribution in [-0.2, 0) is 6.54 Å². The first kappa shape index (κ1) is 21.4. The maximum absolute atomic E-state index is 12.7. The molecule has 1 fully saturated rings. The van der Waals surface area contributed by atoms with Crippen LogP contribution < -0.4 is 5.32 Å². The van der Waals surface area contributed by atoms with E-state index < -0.39 is 0 Å². The first-order valence-corrected chi connectivity index (χ1v) is 11.5. The van der Waals surface area contributed by atoms with Gasteiger partial charge in [-0.05, 0) is 55.7 Å². The van der Waals surface area contributed by atoms with Gasteiger partial charge in [-0.15, -0.1) is 0 Å². The van der Waals surface area contributed by atoms with Crippen LogP contribution in [0.3, 0.4) is 0 Å². The maximum atomic E-state index is 12.7. The second kappa shape index (κ2) is 9.19. The van der Waals surface area contributed by atoms with Crippen molar-refractivity contribution in [2.45, 2.75) is 45.1 Å². The Morgan fingerprint density at radius 2 is 1.91 bits per heavy atom. The standard InChI is InChI=1S/C25H24ClN5O2/c1-16-21(24(32)27-14-19-8-4-5-9-22(19)26)15-31(29-16)20-12-10-17(11-13-20)23-28-25(33-30-23)18-6-2-3-7-18/h4-5,8-13,15,18H,2-3,6-7,14H2,1H3,(H,27,32). The number of rotatable bonds is 6. The normalized spacial score (nSPS) is 14.0.